The highest BCUT2D eigenvalue weighted by atomic mass is 16.3. The lowest BCUT2D eigenvalue weighted by molar-refractivity contribution is 0.296. The summed E-state index contributed by atoms with van der Waals surface area (Å²) in [4.78, 5) is 18.7. The first-order chi connectivity index (χ1) is 9.15. The summed E-state index contributed by atoms with van der Waals surface area (Å²) in [6.07, 6.45) is 7.95. The third-order valence-electron chi connectivity index (χ3n) is 3.78. The van der Waals surface area contributed by atoms with E-state index >= 15 is 0 Å². The predicted octanol–water partition coefficient (Wildman–Crippen LogP) is 1.57. The normalized spacial score (nSPS) is 16.2. The van der Waals surface area contributed by atoms with Crippen molar-refractivity contribution in [2.45, 2.75) is 51.6 Å². The van der Waals surface area contributed by atoms with Crippen molar-refractivity contribution < 1.29 is 5.11 Å². The molecule has 0 saturated heterocycles. The van der Waals surface area contributed by atoms with E-state index in [-0.39, 0.29) is 18.2 Å². The lowest BCUT2D eigenvalue weighted by Crippen LogP contribution is -2.41. The highest BCUT2D eigenvalue weighted by molar-refractivity contribution is 5.37. The van der Waals surface area contributed by atoms with E-state index in [2.05, 4.69) is 4.98 Å². The molecule has 2 rings (SSSR count). The van der Waals surface area contributed by atoms with Gasteiger partial charge in [0.1, 0.15) is 0 Å². The van der Waals surface area contributed by atoms with Gasteiger partial charge in [-0.2, -0.15) is 0 Å². The van der Waals surface area contributed by atoms with Crippen LogP contribution in [0.4, 0.5) is 5.82 Å². The van der Waals surface area contributed by atoms with Crippen molar-refractivity contribution in [2.75, 3.05) is 18.1 Å². The third kappa shape index (κ3) is 2.97. The lowest BCUT2D eigenvalue weighted by atomic mass is 10.2. The molecule has 1 N–H and O–H groups in total. The Morgan fingerprint density at radius 1 is 1.47 bits per heavy atom. The second-order valence-corrected chi connectivity index (χ2v) is 5.41. The molecule has 1 aromatic rings. The largest absolute Gasteiger partial charge is 0.395 e. The molecular formula is C14H23N3O2. The molecule has 1 fully saturated rings. The predicted molar refractivity (Wildman–Crippen MR) is 75.6 cm³/mol. The molecular weight excluding hydrogens is 242 g/mol. The summed E-state index contributed by atoms with van der Waals surface area (Å²) >= 11 is 0. The molecule has 0 bridgehead atoms. The maximum Gasteiger partial charge on any atom is 0.293 e. The zero-order valence-electron chi connectivity index (χ0n) is 11.7. The molecule has 1 saturated carbocycles. The lowest BCUT2D eigenvalue weighted by Gasteiger charge is -2.29. The van der Waals surface area contributed by atoms with Gasteiger partial charge in [0.15, 0.2) is 5.82 Å². The molecule has 0 radical (unpaired) electrons. The molecule has 5 nitrogen and oxygen atoms in total. The highest BCUT2D eigenvalue weighted by Crippen LogP contribution is 2.25. The topological polar surface area (TPSA) is 58.4 Å². The van der Waals surface area contributed by atoms with Crippen molar-refractivity contribution in [3.8, 4) is 0 Å². The first-order valence-electron chi connectivity index (χ1n) is 7.09. The maximum atomic E-state index is 12.5. The molecule has 1 heterocycles. The van der Waals surface area contributed by atoms with Crippen molar-refractivity contribution in [2.24, 2.45) is 0 Å². The number of nitrogens with zero attached hydrogens (tertiary/aromatic N) is 3. The van der Waals surface area contributed by atoms with E-state index in [4.69, 9.17) is 0 Å². The van der Waals surface area contributed by atoms with Crippen LogP contribution in [0.5, 0.6) is 0 Å². The minimum Gasteiger partial charge on any atom is -0.395 e. The zero-order chi connectivity index (χ0) is 13.8. The van der Waals surface area contributed by atoms with Crippen molar-refractivity contribution in [1.82, 2.24) is 9.55 Å². The quantitative estimate of drug-likeness (QED) is 0.878. The molecule has 0 aromatic carbocycles. The molecule has 0 spiro atoms. The summed E-state index contributed by atoms with van der Waals surface area (Å²) in [6.45, 7) is 4.50. The first-order valence-corrected chi connectivity index (χ1v) is 7.09. The van der Waals surface area contributed by atoms with Gasteiger partial charge in [-0.05, 0) is 26.7 Å². The van der Waals surface area contributed by atoms with Gasteiger partial charge in [-0.15, -0.1) is 0 Å². The molecule has 0 amide bonds. The van der Waals surface area contributed by atoms with E-state index in [1.807, 2.05) is 18.7 Å². The van der Waals surface area contributed by atoms with Gasteiger partial charge in [0.25, 0.3) is 5.56 Å². The van der Waals surface area contributed by atoms with Crippen LogP contribution < -0.4 is 10.5 Å². The molecule has 0 unspecified atom stereocenters. The van der Waals surface area contributed by atoms with Crippen molar-refractivity contribution in [3.05, 3.63) is 22.7 Å². The van der Waals surface area contributed by atoms with E-state index < -0.39 is 0 Å². The summed E-state index contributed by atoms with van der Waals surface area (Å²) in [5, 5.41) is 9.25. The number of hydrogen-bond donors (Lipinski definition) is 1. The van der Waals surface area contributed by atoms with Crippen LogP contribution >= 0.6 is 0 Å². The number of rotatable bonds is 5. The van der Waals surface area contributed by atoms with E-state index in [1.54, 1.807) is 17.0 Å². The Labute approximate surface area is 113 Å². The van der Waals surface area contributed by atoms with Crippen LogP contribution in [0.25, 0.3) is 0 Å². The van der Waals surface area contributed by atoms with Gasteiger partial charge in [-0.25, -0.2) is 4.98 Å². The van der Waals surface area contributed by atoms with Gasteiger partial charge in [0.05, 0.1) is 6.61 Å². The first kappa shape index (κ1) is 14.1. The van der Waals surface area contributed by atoms with Gasteiger partial charge in [0.2, 0.25) is 0 Å². The Kier molecular flexibility index (Phi) is 4.58. The number of aliphatic hydroxyl groups excluding tert-OH is 1. The summed E-state index contributed by atoms with van der Waals surface area (Å²) < 4.78 is 1.70. The summed E-state index contributed by atoms with van der Waals surface area (Å²) in [7, 11) is 0. The molecule has 1 aliphatic rings. The van der Waals surface area contributed by atoms with Gasteiger partial charge in [-0.1, -0.05) is 12.8 Å². The summed E-state index contributed by atoms with van der Waals surface area (Å²) in [5.41, 5.74) is -0.0575. The molecule has 19 heavy (non-hydrogen) atoms. The highest BCUT2D eigenvalue weighted by Gasteiger charge is 2.25. The Morgan fingerprint density at radius 2 is 2.16 bits per heavy atom. The van der Waals surface area contributed by atoms with Crippen molar-refractivity contribution in [1.29, 1.82) is 0 Å². The van der Waals surface area contributed by atoms with Crippen LogP contribution in [-0.4, -0.2) is 33.9 Å². The monoisotopic (exact) mass is 265 g/mol. The fourth-order valence-corrected chi connectivity index (χ4v) is 2.80. The third-order valence-corrected chi connectivity index (χ3v) is 3.78. The Balaban J connectivity index is 2.36. The minimum absolute atomic E-state index is 0.0498. The summed E-state index contributed by atoms with van der Waals surface area (Å²) in [5.74, 6) is 0.483. The summed E-state index contributed by atoms with van der Waals surface area (Å²) in [6, 6.07) is 0.462. The molecule has 0 atom stereocenters. The molecule has 106 valence electrons. The second-order valence-electron chi connectivity index (χ2n) is 5.41. The molecule has 0 aliphatic heterocycles. The minimum atomic E-state index is -0.0575. The number of aliphatic hydroxyl groups is 1. The Bertz CT molecular complexity index is 464. The van der Waals surface area contributed by atoms with Crippen LogP contribution in [0.1, 0.15) is 45.6 Å². The van der Waals surface area contributed by atoms with Crippen LogP contribution in [0.15, 0.2) is 17.2 Å². The van der Waals surface area contributed by atoms with E-state index in [0.717, 1.165) is 12.8 Å². The SMILES string of the molecule is CC(C)n1ccnc(N(CCO)C2CCCC2)c1=O. The van der Waals surface area contributed by atoms with Gasteiger partial charge < -0.3 is 14.6 Å². The van der Waals surface area contributed by atoms with E-state index in [1.165, 1.54) is 12.8 Å². The number of hydrogen-bond acceptors (Lipinski definition) is 4. The maximum absolute atomic E-state index is 12.5. The average molecular weight is 265 g/mol. The zero-order valence-corrected chi connectivity index (χ0v) is 11.7. The number of anilines is 1. The van der Waals surface area contributed by atoms with E-state index in [9.17, 15) is 9.90 Å². The smallest absolute Gasteiger partial charge is 0.293 e. The Morgan fingerprint density at radius 3 is 2.74 bits per heavy atom. The van der Waals surface area contributed by atoms with Crippen molar-refractivity contribution in [3.63, 3.8) is 0 Å². The standard InChI is InChI=1S/C14H23N3O2/c1-11(2)16-8-7-15-13(14(16)19)17(9-10-18)12-5-3-4-6-12/h7-8,11-12,18H,3-6,9-10H2,1-2H3. The van der Waals surface area contributed by atoms with E-state index in [0.29, 0.717) is 18.4 Å². The van der Waals surface area contributed by atoms with Crippen LogP contribution in [0.2, 0.25) is 0 Å². The fourth-order valence-electron chi connectivity index (χ4n) is 2.80. The van der Waals surface area contributed by atoms with Gasteiger partial charge >= 0.3 is 0 Å². The number of aromatic nitrogens is 2. The van der Waals surface area contributed by atoms with Gasteiger partial charge in [-0.3, -0.25) is 4.79 Å². The molecule has 5 heteroatoms. The second kappa shape index (κ2) is 6.19. The van der Waals surface area contributed by atoms with Crippen LogP contribution in [0, 0.1) is 0 Å². The molecule has 1 aliphatic carbocycles. The fraction of sp³-hybridized carbons (Fsp3) is 0.714. The average Bonchev–Trinajstić information content (AvgIpc) is 2.90. The van der Waals surface area contributed by atoms with Crippen molar-refractivity contribution >= 4 is 5.82 Å². The van der Waals surface area contributed by atoms with Crippen LogP contribution in [0.3, 0.4) is 0 Å². The van der Waals surface area contributed by atoms with Crippen LogP contribution in [-0.2, 0) is 0 Å². The van der Waals surface area contributed by atoms with Gasteiger partial charge in [0, 0.05) is 31.0 Å². The Hall–Kier alpha value is -1.36. The molecule has 1 aromatic heterocycles.